The molecule has 3 heteroatoms. The van der Waals surface area contributed by atoms with E-state index in [2.05, 4.69) is 9.97 Å². The molecule has 15 heavy (non-hydrogen) atoms. The Kier molecular flexibility index (Phi) is 3.00. The molecule has 0 spiro atoms. The summed E-state index contributed by atoms with van der Waals surface area (Å²) in [7, 11) is 0. The van der Waals surface area contributed by atoms with Gasteiger partial charge in [-0.05, 0) is 32.8 Å². The van der Waals surface area contributed by atoms with Gasteiger partial charge in [-0.1, -0.05) is 6.42 Å². The fraction of sp³-hybridized carbons (Fsp3) is 0.667. The van der Waals surface area contributed by atoms with E-state index >= 15 is 0 Å². The molecule has 0 amide bonds. The molecule has 3 nitrogen and oxygen atoms in total. The van der Waals surface area contributed by atoms with Crippen molar-refractivity contribution in [2.75, 3.05) is 0 Å². The van der Waals surface area contributed by atoms with E-state index in [1.54, 1.807) is 0 Å². The van der Waals surface area contributed by atoms with E-state index in [9.17, 15) is 0 Å². The summed E-state index contributed by atoms with van der Waals surface area (Å²) in [5, 5.41) is 0. The fourth-order valence-electron chi connectivity index (χ4n) is 1.94. The van der Waals surface area contributed by atoms with Crippen molar-refractivity contribution in [3.05, 3.63) is 23.3 Å². The number of hydrogen-bond donors (Lipinski definition) is 1. The molecule has 1 saturated carbocycles. The summed E-state index contributed by atoms with van der Waals surface area (Å²) < 4.78 is 0. The molecular formula is C12H19N3. The van der Waals surface area contributed by atoms with Gasteiger partial charge in [0.2, 0.25) is 0 Å². The average molecular weight is 205 g/mol. The molecule has 0 saturated heterocycles. The maximum Gasteiger partial charge on any atom is 0.131 e. The van der Waals surface area contributed by atoms with E-state index < -0.39 is 0 Å². The van der Waals surface area contributed by atoms with E-state index in [0.717, 1.165) is 23.6 Å². The molecule has 82 valence electrons. The van der Waals surface area contributed by atoms with Gasteiger partial charge < -0.3 is 5.73 Å². The van der Waals surface area contributed by atoms with Gasteiger partial charge >= 0.3 is 0 Å². The largest absolute Gasteiger partial charge is 0.328 e. The van der Waals surface area contributed by atoms with E-state index in [0.29, 0.717) is 5.92 Å². The molecule has 1 aromatic rings. The number of aromatic nitrogens is 2. The van der Waals surface area contributed by atoms with Crippen molar-refractivity contribution in [1.29, 1.82) is 0 Å². The highest BCUT2D eigenvalue weighted by atomic mass is 14.9. The first kappa shape index (κ1) is 10.6. The van der Waals surface area contributed by atoms with Crippen LogP contribution in [-0.4, -0.2) is 16.0 Å². The van der Waals surface area contributed by atoms with Gasteiger partial charge in [0.05, 0.1) is 0 Å². The molecule has 1 fully saturated rings. The quantitative estimate of drug-likeness (QED) is 0.820. The highest BCUT2D eigenvalue weighted by molar-refractivity contribution is 5.14. The van der Waals surface area contributed by atoms with Crippen LogP contribution in [0.2, 0.25) is 0 Å². The Labute approximate surface area is 91.1 Å². The van der Waals surface area contributed by atoms with Crippen molar-refractivity contribution < 1.29 is 0 Å². The first-order valence-electron chi connectivity index (χ1n) is 5.75. The molecule has 0 aliphatic heterocycles. The van der Waals surface area contributed by atoms with Crippen LogP contribution in [0, 0.1) is 6.92 Å². The van der Waals surface area contributed by atoms with Gasteiger partial charge in [0, 0.05) is 29.8 Å². The Balaban J connectivity index is 2.19. The fourth-order valence-corrected chi connectivity index (χ4v) is 1.94. The third kappa shape index (κ3) is 2.53. The summed E-state index contributed by atoms with van der Waals surface area (Å²) >= 11 is 0. The zero-order valence-corrected chi connectivity index (χ0v) is 9.53. The van der Waals surface area contributed by atoms with Gasteiger partial charge in [-0.25, -0.2) is 9.97 Å². The Morgan fingerprint density at radius 1 is 1.47 bits per heavy atom. The summed E-state index contributed by atoms with van der Waals surface area (Å²) in [6.45, 7) is 4.05. The van der Waals surface area contributed by atoms with Crippen molar-refractivity contribution in [2.24, 2.45) is 5.73 Å². The summed E-state index contributed by atoms with van der Waals surface area (Å²) in [5.41, 5.74) is 7.96. The molecule has 1 aromatic heterocycles. The third-order valence-corrected chi connectivity index (χ3v) is 2.93. The summed E-state index contributed by atoms with van der Waals surface area (Å²) in [5.74, 6) is 1.65. The molecule has 0 radical (unpaired) electrons. The average Bonchev–Trinajstić information content (AvgIpc) is 1.96. The number of hydrogen-bond acceptors (Lipinski definition) is 3. The van der Waals surface area contributed by atoms with E-state index in [1.165, 1.54) is 19.3 Å². The smallest absolute Gasteiger partial charge is 0.131 e. The maximum absolute atomic E-state index is 5.79. The van der Waals surface area contributed by atoms with Crippen LogP contribution in [-0.2, 0) is 6.42 Å². The number of nitrogens with zero attached hydrogens (tertiary/aromatic N) is 2. The van der Waals surface area contributed by atoms with Crippen molar-refractivity contribution in [3.63, 3.8) is 0 Å². The van der Waals surface area contributed by atoms with Crippen LogP contribution in [0.3, 0.4) is 0 Å². The Morgan fingerprint density at radius 2 is 2.20 bits per heavy atom. The van der Waals surface area contributed by atoms with Gasteiger partial charge in [0.25, 0.3) is 0 Å². The Morgan fingerprint density at radius 3 is 2.73 bits per heavy atom. The SMILES string of the molecule is Cc1cc(CC(C)N)nc(C2CCC2)n1. The minimum Gasteiger partial charge on any atom is -0.328 e. The van der Waals surface area contributed by atoms with Gasteiger partial charge in [-0.15, -0.1) is 0 Å². The lowest BCUT2D eigenvalue weighted by atomic mass is 9.84. The van der Waals surface area contributed by atoms with E-state index in [1.807, 2.05) is 19.9 Å². The van der Waals surface area contributed by atoms with Crippen LogP contribution in [0.5, 0.6) is 0 Å². The minimum absolute atomic E-state index is 0.175. The number of nitrogens with two attached hydrogens (primary N) is 1. The standard InChI is InChI=1S/C12H19N3/c1-8(13)6-11-7-9(2)14-12(15-11)10-4-3-5-10/h7-8,10H,3-6,13H2,1-2H3. The maximum atomic E-state index is 5.79. The monoisotopic (exact) mass is 205 g/mol. The van der Waals surface area contributed by atoms with Crippen molar-refractivity contribution in [3.8, 4) is 0 Å². The third-order valence-electron chi connectivity index (χ3n) is 2.93. The molecule has 0 aromatic carbocycles. The lowest BCUT2D eigenvalue weighted by Crippen LogP contribution is -2.20. The zero-order valence-electron chi connectivity index (χ0n) is 9.53. The second-order valence-corrected chi connectivity index (χ2v) is 4.67. The van der Waals surface area contributed by atoms with Crippen LogP contribution in [0.25, 0.3) is 0 Å². The summed E-state index contributed by atoms with van der Waals surface area (Å²) in [6.07, 6.45) is 4.68. The van der Waals surface area contributed by atoms with Gasteiger partial charge in [0.15, 0.2) is 0 Å². The summed E-state index contributed by atoms with van der Waals surface area (Å²) in [4.78, 5) is 9.12. The minimum atomic E-state index is 0.175. The van der Waals surface area contributed by atoms with Crippen molar-refractivity contribution in [2.45, 2.75) is 51.5 Å². The predicted octanol–water partition coefficient (Wildman–Crippen LogP) is 1.94. The summed E-state index contributed by atoms with van der Waals surface area (Å²) in [6, 6.07) is 2.22. The zero-order chi connectivity index (χ0) is 10.8. The van der Waals surface area contributed by atoms with Gasteiger partial charge in [0.1, 0.15) is 5.82 Å². The lowest BCUT2D eigenvalue weighted by molar-refractivity contribution is 0.399. The first-order valence-corrected chi connectivity index (χ1v) is 5.75. The van der Waals surface area contributed by atoms with Crippen LogP contribution in [0.1, 0.15) is 49.3 Å². The van der Waals surface area contributed by atoms with E-state index in [-0.39, 0.29) is 6.04 Å². The number of aryl methyl sites for hydroxylation is 1. The number of rotatable bonds is 3. The van der Waals surface area contributed by atoms with Crippen molar-refractivity contribution in [1.82, 2.24) is 9.97 Å². The first-order chi connectivity index (χ1) is 7.15. The highest BCUT2D eigenvalue weighted by Gasteiger charge is 2.22. The molecular weight excluding hydrogens is 186 g/mol. The molecule has 0 bridgehead atoms. The Bertz CT molecular complexity index is 343. The second-order valence-electron chi connectivity index (χ2n) is 4.67. The highest BCUT2D eigenvalue weighted by Crippen LogP contribution is 2.34. The molecule has 2 rings (SSSR count). The van der Waals surface area contributed by atoms with Crippen LogP contribution in [0.15, 0.2) is 6.07 Å². The van der Waals surface area contributed by atoms with E-state index in [4.69, 9.17) is 5.73 Å². The molecule has 1 heterocycles. The van der Waals surface area contributed by atoms with Crippen LogP contribution >= 0.6 is 0 Å². The Hall–Kier alpha value is -0.960. The molecule has 1 atom stereocenters. The lowest BCUT2D eigenvalue weighted by Gasteiger charge is -2.24. The van der Waals surface area contributed by atoms with Crippen LogP contribution in [0.4, 0.5) is 0 Å². The molecule has 1 unspecified atom stereocenters. The van der Waals surface area contributed by atoms with Gasteiger partial charge in [-0.2, -0.15) is 0 Å². The normalized spacial score (nSPS) is 18.6. The predicted molar refractivity (Wildman–Crippen MR) is 60.7 cm³/mol. The van der Waals surface area contributed by atoms with Crippen molar-refractivity contribution >= 4 is 0 Å². The molecule has 2 N–H and O–H groups in total. The molecule has 1 aliphatic rings. The van der Waals surface area contributed by atoms with Gasteiger partial charge in [-0.3, -0.25) is 0 Å². The topological polar surface area (TPSA) is 51.8 Å². The molecule has 1 aliphatic carbocycles. The van der Waals surface area contributed by atoms with Crippen LogP contribution < -0.4 is 5.73 Å². The second kappa shape index (κ2) is 4.27.